The predicted octanol–water partition coefficient (Wildman–Crippen LogP) is 2.51. The summed E-state index contributed by atoms with van der Waals surface area (Å²) >= 11 is 0. The van der Waals surface area contributed by atoms with Crippen molar-refractivity contribution < 1.29 is 9.53 Å². The maximum absolute atomic E-state index is 11.5. The van der Waals surface area contributed by atoms with E-state index in [1.165, 1.54) is 0 Å². The third-order valence-corrected chi connectivity index (χ3v) is 1.55. The van der Waals surface area contributed by atoms with E-state index in [9.17, 15) is 4.79 Å². The van der Waals surface area contributed by atoms with Gasteiger partial charge in [0.2, 0.25) is 0 Å². The number of carbonyl (C=O) groups excluding carboxylic acids is 1. The van der Waals surface area contributed by atoms with Gasteiger partial charge in [-0.05, 0) is 33.1 Å². The molecule has 0 bridgehead atoms. The van der Waals surface area contributed by atoms with Gasteiger partial charge in [0, 0.05) is 0 Å². The van der Waals surface area contributed by atoms with Gasteiger partial charge in [0.25, 0.3) is 0 Å². The lowest BCUT2D eigenvalue weighted by Gasteiger charge is -2.21. The molecular weight excluding hydrogens is 178 g/mol. The number of esters is 1. The first kappa shape index (κ1) is 13.0. The van der Waals surface area contributed by atoms with Crippen molar-refractivity contribution in [1.29, 1.82) is 5.26 Å². The highest BCUT2D eigenvalue weighted by Crippen LogP contribution is 2.16. The summed E-state index contributed by atoms with van der Waals surface area (Å²) < 4.78 is 5.13. The molecule has 0 saturated carbocycles. The number of hydrogen-bond donors (Lipinski definition) is 0. The number of rotatable bonds is 3. The van der Waals surface area contributed by atoms with E-state index in [0.717, 1.165) is 0 Å². The minimum Gasteiger partial charge on any atom is -0.459 e. The lowest BCUT2D eigenvalue weighted by molar-refractivity contribution is -0.158. The van der Waals surface area contributed by atoms with Gasteiger partial charge >= 0.3 is 5.97 Å². The second-order valence-electron chi connectivity index (χ2n) is 4.84. The number of nitriles is 1. The summed E-state index contributed by atoms with van der Waals surface area (Å²) in [5, 5.41) is 8.79. The van der Waals surface area contributed by atoms with Crippen molar-refractivity contribution in [3.8, 4) is 6.07 Å². The Balaban J connectivity index is 4.28. The monoisotopic (exact) mass is 197 g/mol. The molecule has 0 aromatic heterocycles. The standard InChI is InChI=1S/C11H19NO2/c1-8(2)6-9(7-12)10(13)14-11(3,4)5/h8-9H,6H2,1-5H3. The van der Waals surface area contributed by atoms with E-state index in [1.54, 1.807) is 20.8 Å². The molecule has 3 nitrogen and oxygen atoms in total. The number of carbonyl (C=O) groups is 1. The lowest BCUT2D eigenvalue weighted by atomic mass is 9.98. The molecule has 0 aromatic rings. The summed E-state index contributed by atoms with van der Waals surface area (Å²) in [6.07, 6.45) is 0.561. The molecule has 3 heteroatoms. The lowest BCUT2D eigenvalue weighted by Crippen LogP contribution is -2.28. The molecule has 0 heterocycles. The number of ether oxygens (including phenoxy) is 1. The highest BCUT2D eigenvalue weighted by Gasteiger charge is 2.25. The average Bonchev–Trinajstić information content (AvgIpc) is 1.96. The normalized spacial score (nSPS) is 13.5. The number of nitrogens with zero attached hydrogens (tertiary/aromatic N) is 1. The molecule has 0 fully saturated rings. The third kappa shape index (κ3) is 5.58. The van der Waals surface area contributed by atoms with Gasteiger partial charge in [0.1, 0.15) is 11.5 Å². The van der Waals surface area contributed by atoms with Crippen LogP contribution in [0.15, 0.2) is 0 Å². The van der Waals surface area contributed by atoms with E-state index in [4.69, 9.17) is 10.00 Å². The second kappa shape index (κ2) is 4.99. The molecule has 0 rings (SSSR count). The zero-order chi connectivity index (χ0) is 11.4. The van der Waals surface area contributed by atoms with E-state index in [-0.39, 0.29) is 0 Å². The van der Waals surface area contributed by atoms with Gasteiger partial charge in [-0.2, -0.15) is 5.26 Å². The molecule has 0 radical (unpaired) electrons. The van der Waals surface area contributed by atoms with Crippen LogP contribution in [0.1, 0.15) is 41.0 Å². The Kier molecular flexibility index (Phi) is 4.62. The van der Waals surface area contributed by atoms with Crippen LogP contribution in [0.3, 0.4) is 0 Å². The number of hydrogen-bond acceptors (Lipinski definition) is 3. The SMILES string of the molecule is CC(C)CC(C#N)C(=O)OC(C)(C)C. The first-order valence-corrected chi connectivity index (χ1v) is 4.88. The van der Waals surface area contributed by atoms with E-state index < -0.39 is 17.5 Å². The van der Waals surface area contributed by atoms with Crippen LogP contribution in [-0.4, -0.2) is 11.6 Å². The van der Waals surface area contributed by atoms with E-state index >= 15 is 0 Å². The largest absolute Gasteiger partial charge is 0.459 e. The van der Waals surface area contributed by atoms with Crippen LogP contribution in [0, 0.1) is 23.2 Å². The average molecular weight is 197 g/mol. The Morgan fingerprint density at radius 1 is 1.43 bits per heavy atom. The summed E-state index contributed by atoms with van der Waals surface area (Å²) in [4.78, 5) is 11.5. The van der Waals surface area contributed by atoms with E-state index in [2.05, 4.69) is 0 Å². The summed E-state index contributed by atoms with van der Waals surface area (Å²) in [5.41, 5.74) is -0.511. The first-order valence-electron chi connectivity index (χ1n) is 4.88. The van der Waals surface area contributed by atoms with Crippen molar-refractivity contribution >= 4 is 5.97 Å². The van der Waals surface area contributed by atoms with Crippen molar-refractivity contribution in [3.63, 3.8) is 0 Å². The quantitative estimate of drug-likeness (QED) is 0.653. The maximum atomic E-state index is 11.5. The van der Waals surface area contributed by atoms with Crippen LogP contribution in [0.5, 0.6) is 0 Å². The van der Waals surface area contributed by atoms with Crippen molar-refractivity contribution in [3.05, 3.63) is 0 Å². The Bertz CT molecular complexity index is 233. The van der Waals surface area contributed by atoms with E-state index in [1.807, 2.05) is 19.9 Å². The molecule has 0 spiro atoms. The van der Waals surface area contributed by atoms with Crippen LogP contribution in [-0.2, 0) is 9.53 Å². The maximum Gasteiger partial charge on any atom is 0.323 e. The van der Waals surface area contributed by atoms with Gasteiger partial charge in [0.05, 0.1) is 6.07 Å². The van der Waals surface area contributed by atoms with E-state index in [0.29, 0.717) is 12.3 Å². The molecule has 80 valence electrons. The highest BCUT2D eigenvalue weighted by molar-refractivity contribution is 5.75. The Morgan fingerprint density at radius 3 is 2.21 bits per heavy atom. The van der Waals surface area contributed by atoms with Gasteiger partial charge in [-0.15, -0.1) is 0 Å². The fourth-order valence-electron chi connectivity index (χ4n) is 1.05. The molecule has 1 atom stereocenters. The van der Waals surface area contributed by atoms with Crippen LogP contribution in [0.4, 0.5) is 0 Å². The zero-order valence-electron chi connectivity index (χ0n) is 9.63. The fourth-order valence-corrected chi connectivity index (χ4v) is 1.05. The molecule has 14 heavy (non-hydrogen) atoms. The molecule has 0 aliphatic carbocycles. The predicted molar refractivity (Wildman–Crippen MR) is 54.4 cm³/mol. The molecular formula is C11H19NO2. The molecule has 0 N–H and O–H groups in total. The van der Waals surface area contributed by atoms with Gasteiger partial charge in [-0.1, -0.05) is 13.8 Å². The fraction of sp³-hybridized carbons (Fsp3) is 0.818. The molecule has 0 saturated heterocycles. The molecule has 0 amide bonds. The Labute approximate surface area is 86.1 Å². The van der Waals surface area contributed by atoms with Crippen molar-refractivity contribution in [1.82, 2.24) is 0 Å². The van der Waals surface area contributed by atoms with Gasteiger partial charge < -0.3 is 4.74 Å². The topological polar surface area (TPSA) is 50.1 Å². The Morgan fingerprint density at radius 2 is 1.93 bits per heavy atom. The first-order chi connectivity index (χ1) is 6.26. The zero-order valence-corrected chi connectivity index (χ0v) is 9.63. The smallest absolute Gasteiger partial charge is 0.323 e. The Hall–Kier alpha value is -1.04. The minimum absolute atomic E-state index is 0.326. The van der Waals surface area contributed by atoms with Crippen molar-refractivity contribution in [2.75, 3.05) is 0 Å². The molecule has 0 aromatic carbocycles. The second-order valence-corrected chi connectivity index (χ2v) is 4.84. The van der Waals surface area contributed by atoms with Crippen molar-refractivity contribution in [2.24, 2.45) is 11.8 Å². The van der Waals surface area contributed by atoms with Crippen LogP contribution in [0.25, 0.3) is 0 Å². The summed E-state index contributed by atoms with van der Waals surface area (Å²) in [6.45, 7) is 9.36. The van der Waals surface area contributed by atoms with Crippen molar-refractivity contribution in [2.45, 2.75) is 46.6 Å². The van der Waals surface area contributed by atoms with Gasteiger partial charge in [0.15, 0.2) is 0 Å². The molecule has 0 aliphatic heterocycles. The minimum atomic E-state index is -0.630. The summed E-state index contributed by atoms with van der Waals surface area (Å²) in [5.74, 6) is -0.713. The summed E-state index contributed by atoms with van der Waals surface area (Å²) in [6, 6.07) is 1.98. The molecule has 0 aliphatic rings. The van der Waals surface area contributed by atoms with Crippen LogP contribution < -0.4 is 0 Å². The van der Waals surface area contributed by atoms with Gasteiger partial charge in [-0.25, -0.2) is 0 Å². The van der Waals surface area contributed by atoms with Crippen LogP contribution >= 0.6 is 0 Å². The molecule has 1 unspecified atom stereocenters. The third-order valence-electron chi connectivity index (χ3n) is 1.55. The van der Waals surface area contributed by atoms with Crippen LogP contribution in [0.2, 0.25) is 0 Å². The van der Waals surface area contributed by atoms with Gasteiger partial charge in [-0.3, -0.25) is 4.79 Å². The highest BCUT2D eigenvalue weighted by atomic mass is 16.6. The summed E-state index contributed by atoms with van der Waals surface area (Å²) in [7, 11) is 0.